The summed E-state index contributed by atoms with van der Waals surface area (Å²) in [5, 5.41) is 17.1. The molecule has 5 nitrogen and oxygen atoms in total. The van der Waals surface area contributed by atoms with Crippen molar-refractivity contribution in [3.63, 3.8) is 0 Å². The van der Waals surface area contributed by atoms with Gasteiger partial charge in [0.05, 0.1) is 12.7 Å². The molecule has 120 valence electrons. The number of halogens is 3. The Morgan fingerprint density at radius 1 is 1.32 bits per heavy atom. The summed E-state index contributed by atoms with van der Waals surface area (Å²) < 4.78 is 43.7. The van der Waals surface area contributed by atoms with E-state index in [0.29, 0.717) is 17.1 Å². The quantitative estimate of drug-likeness (QED) is 0.852. The van der Waals surface area contributed by atoms with Crippen molar-refractivity contribution in [3.8, 4) is 17.1 Å². The number of methoxy groups -OCH3 is 1. The molecule has 1 aromatic heterocycles. The molecule has 1 N–H and O–H groups in total. The minimum absolute atomic E-state index is 0.282. The van der Waals surface area contributed by atoms with Gasteiger partial charge in [-0.1, -0.05) is 23.9 Å². The second-order valence-corrected chi connectivity index (χ2v) is 5.42. The highest BCUT2D eigenvalue weighted by Crippen LogP contribution is 2.31. The fourth-order valence-electron chi connectivity index (χ4n) is 1.75. The maximum Gasteiger partial charge on any atom is 0.415 e. The lowest BCUT2D eigenvalue weighted by Gasteiger charge is -2.13. The first kappa shape index (κ1) is 16.6. The molecule has 1 heterocycles. The number of aliphatic hydroxyl groups is 1. The van der Waals surface area contributed by atoms with E-state index in [1.165, 1.54) is 7.11 Å². The average Bonchev–Trinajstić information content (AvgIpc) is 2.84. The van der Waals surface area contributed by atoms with Crippen LogP contribution in [0.25, 0.3) is 11.4 Å². The number of aromatic nitrogens is 3. The Labute approximate surface area is 129 Å². The lowest BCUT2D eigenvalue weighted by atomic mass is 10.2. The highest BCUT2D eigenvalue weighted by atomic mass is 32.2. The summed E-state index contributed by atoms with van der Waals surface area (Å²) in [6.07, 6.45) is -7.04. The van der Waals surface area contributed by atoms with E-state index in [0.717, 1.165) is 11.8 Å². The number of hydrogen-bond acceptors (Lipinski definition) is 5. The molecule has 9 heteroatoms. The number of benzene rings is 1. The Balaban J connectivity index is 2.20. The molecule has 0 bridgehead atoms. The van der Waals surface area contributed by atoms with Crippen molar-refractivity contribution in [2.45, 2.75) is 17.4 Å². The second-order valence-electron chi connectivity index (χ2n) is 4.43. The van der Waals surface area contributed by atoms with Crippen LogP contribution in [-0.4, -0.2) is 45.0 Å². The monoisotopic (exact) mass is 333 g/mol. The lowest BCUT2D eigenvalue weighted by Crippen LogP contribution is -2.30. The van der Waals surface area contributed by atoms with Crippen LogP contribution in [0.5, 0.6) is 5.75 Å². The molecule has 0 spiro atoms. The van der Waals surface area contributed by atoms with Gasteiger partial charge in [0.25, 0.3) is 0 Å². The van der Waals surface area contributed by atoms with Crippen molar-refractivity contribution in [2.24, 2.45) is 7.05 Å². The number of alkyl halides is 3. The normalized spacial score (nSPS) is 13.2. The van der Waals surface area contributed by atoms with Gasteiger partial charge in [-0.25, -0.2) is 0 Å². The van der Waals surface area contributed by atoms with Gasteiger partial charge in [0.15, 0.2) is 17.1 Å². The van der Waals surface area contributed by atoms with Crippen LogP contribution < -0.4 is 4.74 Å². The summed E-state index contributed by atoms with van der Waals surface area (Å²) in [6, 6.07) is 7.13. The number of rotatable bonds is 5. The molecule has 1 unspecified atom stereocenters. The van der Waals surface area contributed by atoms with Crippen LogP contribution in [0.15, 0.2) is 29.4 Å². The molecule has 1 atom stereocenters. The van der Waals surface area contributed by atoms with Gasteiger partial charge in [-0.2, -0.15) is 13.2 Å². The van der Waals surface area contributed by atoms with Crippen LogP contribution in [0.2, 0.25) is 0 Å². The van der Waals surface area contributed by atoms with Gasteiger partial charge in [-0.3, -0.25) is 0 Å². The number of para-hydroxylation sites is 1. The van der Waals surface area contributed by atoms with E-state index in [9.17, 15) is 13.2 Å². The Kier molecular flexibility index (Phi) is 4.97. The molecule has 0 aliphatic heterocycles. The van der Waals surface area contributed by atoms with Crippen LogP contribution in [0, 0.1) is 0 Å². The molecule has 0 fully saturated rings. The Hall–Kier alpha value is -1.74. The van der Waals surface area contributed by atoms with Crippen molar-refractivity contribution in [1.82, 2.24) is 14.8 Å². The molecule has 0 saturated heterocycles. The van der Waals surface area contributed by atoms with Crippen LogP contribution in [-0.2, 0) is 7.05 Å². The maximum absolute atomic E-state index is 12.3. The van der Waals surface area contributed by atoms with Crippen LogP contribution in [0.3, 0.4) is 0 Å². The molecule has 0 saturated carbocycles. The molecule has 1 aromatic carbocycles. The molecular formula is C13H14F3N3O2S. The van der Waals surface area contributed by atoms with Crippen molar-refractivity contribution < 1.29 is 23.0 Å². The van der Waals surface area contributed by atoms with Gasteiger partial charge < -0.3 is 14.4 Å². The zero-order chi connectivity index (χ0) is 16.3. The predicted molar refractivity (Wildman–Crippen MR) is 75.8 cm³/mol. The molecule has 0 aliphatic rings. The molecule has 0 radical (unpaired) electrons. The van der Waals surface area contributed by atoms with Crippen molar-refractivity contribution in [1.29, 1.82) is 0 Å². The van der Waals surface area contributed by atoms with Crippen molar-refractivity contribution in [2.75, 3.05) is 12.9 Å². The fourth-order valence-corrected chi connectivity index (χ4v) is 2.63. The molecule has 2 aromatic rings. The van der Waals surface area contributed by atoms with E-state index in [-0.39, 0.29) is 5.16 Å². The van der Waals surface area contributed by atoms with Gasteiger partial charge in [0.2, 0.25) is 0 Å². The zero-order valence-electron chi connectivity index (χ0n) is 11.8. The second kappa shape index (κ2) is 6.57. The third kappa shape index (κ3) is 3.53. The average molecular weight is 333 g/mol. The van der Waals surface area contributed by atoms with Crippen LogP contribution >= 0.6 is 11.8 Å². The van der Waals surface area contributed by atoms with E-state index >= 15 is 0 Å². The summed E-state index contributed by atoms with van der Waals surface area (Å²) in [4.78, 5) is 0. The molecule has 22 heavy (non-hydrogen) atoms. The lowest BCUT2D eigenvalue weighted by molar-refractivity contribution is -0.195. The van der Waals surface area contributed by atoms with Crippen LogP contribution in [0.1, 0.15) is 0 Å². The molecule has 0 aliphatic carbocycles. The summed E-state index contributed by atoms with van der Waals surface area (Å²) >= 11 is 0.790. The highest BCUT2D eigenvalue weighted by molar-refractivity contribution is 7.99. The first-order chi connectivity index (χ1) is 10.3. The van der Waals surface area contributed by atoms with Crippen molar-refractivity contribution >= 4 is 11.8 Å². The van der Waals surface area contributed by atoms with Gasteiger partial charge in [0, 0.05) is 12.8 Å². The number of aliphatic hydroxyl groups excluding tert-OH is 1. The fraction of sp³-hybridized carbons (Fsp3) is 0.385. The predicted octanol–water partition coefficient (Wildman–Crippen LogP) is 2.51. The first-order valence-electron chi connectivity index (χ1n) is 6.25. The Morgan fingerprint density at radius 2 is 2.00 bits per heavy atom. The SMILES string of the molecule is COc1ccccc1-c1nnc(SCC(O)C(F)(F)F)n1C. The number of ether oxygens (including phenoxy) is 1. The summed E-state index contributed by atoms with van der Waals surface area (Å²) in [5.41, 5.74) is 0.684. The molecular weight excluding hydrogens is 319 g/mol. The van der Waals surface area contributed by atoms with Gasteiger partial charge in [-0.15, -0.1) is 10.2 Å². The topological polar surface area (TPSA) is 60.2 Å². The summed E-state index contributed by atoms with van der Waals surface area (Å²) in [7, 11) is 3.16. The minimum Gasteiger partial charge on any atom is -0.496 e. The van der Waals surface area contributed by atoms with Crippen LogP contribution in [0.4, 0.5) is 13.2 Å². The zero-order valence-corrected chi connectivity index (χ0v) is 12.6. The van der Waals surface area contributed by atoms with Gasteiger partial charge >= 0.3 is 6.18 Å². The minimum atomic E-state index is -4.64. The molecule has 0 amide bonds. The standard InChI is InChI=1S/C13H14F3N3O2S/c1-19-11(8-5-3-4-6-9(8)21-2)17-18-12(19)22-7-10(20)13(14,15)16/h3-6,10,20H,7H2,1-2H3. The Morgan fingerprint density at radius 3 is 2.64 bits per heavy atom. The number of thioether (sulfide) groups is 1. The van der Waals surface area contributed by atoms with E-state index < -0.39 is 18.0 Å². The summed E-state index contributed by atoms with van der Waals surface area (Å²) in [5.74, 6) is 0.521. The maximum atomic E-state index is 12.3. The van der Waals surface area contributed by atoms with Crippen molar-refractivity contribution in [3.05, 3.63) is 24.3 Å². The van der Waals surface area contributed by atoms with Gasteiger partial charge in [-0.05, 0) is 12.1 Å². The smallest absolute Gasteiger partial charge is 0.415 e. The highest BCUT2D eigenvalue weighted by Gasteiger charge is 2.38. The first-order valence-corrected chi connectivity index (χ1v) is 7.23. The third-order valence-electron chi connectivity index (χ3n) is 2.93. The van der Waals surface area contributed by atoms with E-state index in [1.807, 2.05) is 0 Å². The van der Waals surface area contributed by atoms with Gasteiger partial charge in [0.1, 0.15) is 5.75 Å². The molecule has 2 rings (SSSR count). The third-order valence-corrected chi connectivity index (χ3v) is 4.03. The van der Waals surface area contributed by atoms with E-state index in [4.69, 9.17) is 9.84 Å². The number of hydrogen-bond donors (Lipinski definition) is 1. The van der Waals surface area contributed by atoms with E-state index in [1.54, 1.807) is 35.9 Å². The summed E-state index contributed by atoms with van der Waals surface area (Å²) in [6.45, 7) is 0. The largest absolute Gasteiger partial charge is 0.496 e. The Bertz CT molecular complexity index is 646. The number of nitrogens with zero attached hydrogens (tertiary/aromatic N) is 3. The van der Waals surface area contributed by atoms with E-state index in [2.05, 4.69) is 10.2 Å².